The summed E-state index contributed by atoms with van der Waals surface area (Å²) in [4.78, 5) is 14.3. The Kier molecular flexibility index (Phi) is 8.45. The zero-order valence-corrected chi connectivity index (χ0v) is 24.0. The SMILES string of the molecule is Cc1ccc(N(c2ccc(C)cc2)c2ccc(C=C(c3ccccc3)c3ccc(OC(=O)C(C)C)cc3)cc2)cc1. The monoisotopic (exact) mass is 537 g/mol. The van der Waals surface area contributed by atoms with Crippen LogP contribution in [0, 0.1) is 19.8 Å². The van der Waals surface area contributed by atoms with Crippen LogP contribution in [0.5, 0.6) is 5.75 Å². The van der Waals surface area contributed by atoms with Gasteiger partial charge in [-0.1, -0.05) is 104 Å². The summed E-state index contributed by atoms with van der Waals surface area (Å²) < 4.78 is 5.49. The maximum atomic E-state index is 12.0. The van der Waals surface area contributed by atoms with E-state index in [0.717, 1.165) is 39.3 Å². The molecule has 0 spiro atoms. The Hall–Kier alpha value is -4.89. The lowest BCUT2D eigenvalue weighted by molar-refractivity contribution is -0.137. The van der Waals surface area contributed by atoms with Gasteiger partial charge in [-0.25, -0.2) is 0 Å². The summed E-state index contributed by atoms with van der Waals surface area (Å²) in [6, 6.07) is 44.0. The lowest BCUT2D eigenvalue weighted by Gasteiger charge is -2.26. The maximum Gasteiger partial charge on any atom is 0.313 e. The van der Waals surface area contributed by atoms with Crippen LogP contribution in [0.25, 0.3) is 11.6 Å². The first kappa shape index (κ1) is 27.7. The van der Waals surface area contributed by atoms with Crippen LogP contribution in [0.3, 0.4) is 0 Å². The number of aryl methyl sites for hydroxylation is 2. The Balaban J connectivity index is 1.50. The average molecular weight is 538 g/mol. The normalized spacial score (nSPS) is 11.4. The maximum absolute atomic E-state index is 12.0. The van der Waals surface area contributed by atoms with E-state index in [-0.39, 0.29) is 11.9 Å². The highest BCUT2D eigenvalue weighted by Crippen LogP contribution is 2.35. The third-order valence-corrected chi connectivity index (χ3v) is 6.99. The highest BCUT2D eigenvalue weighted by Gasteiger charge is 2.13. The fourth-order valence-electron chi connectivity index (χ4n) is 4.61. The van der Waals surface area contributed by atoms with Gasteiger partial charge in [0.1, 0.15) is 5.75 Å². The Bertz CT molecular complexity index is 1570. The van der Waals surface area contributed by atoms with Crippen molar-refractivity contribution in [3.8, 4) is 5.75 Å². The molecule has 0 atom stereocenters. The predicted molar refractivity (Wildman–Crippen MR) is 171 cm³/mol. The van der Waals surface area contributed by atoms with Crippen LogP contribution in [-0.2, 0) is 4.79 Å². The number of carbonyl (C=O) groups excluding carboxylic acids is 1. The number of anilines is 3. The minimum atomic E-state index is -0.234. The van der Waals surface area contributed by atoms with Gasteiger partial charge in [-0.2, -0.15) is 0 Å². The molecule has 0 aliphatic heterocycles. The fraction of sp³-hybridized carbons (Fsp3) is 0.132. The molecule has 0 aromatic heterocycles. The molecule has 0 saturated heterocycles. The molecule has 0 aliphatic rings. The number of hydrogen-bond donors (Lipinski definition) is 0. The molecule has 0 bridgehead atoms. The zero-order chi connectivity index (χ0) is 28.8. The quantitative estimate of drug-likeness (QED) is 0.112. The first-order valence-electron chi connectivity index (χ1n) is 14.0. The number of rotatable bonds is 8. The van der Waals surface area contributed by atoms with Gasteiger partial charge >= 0.3 is 5.97 Å². The Morgan fingerprint density at radius 1 is 0.610 bits per heavy atom. The van der Waals surface area contributed by atoms with Crippen molar-refractivity contribution in [1.29, 1.82) is 0 Å². The molecular weight excluding hydrogens is 502 g/mol. The summed E-state index contributed by atoms with van der Waals surface area (Å²) in [5, 5.41) is 0. The van der Waals surface area contributed by atoms with Gasteiger partial charge in [0.15, 0.2) is 0 Å². The molecule has 0 N–H and O–H groups in total. The molecule has 5 aromatic carbocycles. The standard InChI is InChI=1S/C38H35NO2/c1-27(2)38(40)41-36-24-16-32(17-25-36)37(31-8-6-5-7-9-31)26-30-14-22-35(23-15-30)39(33-18-10-28(3)11-19-33)34-20-12-29(4)13-21-34/h5-27H,1-4H3. The highest BCUT2D eigenvalue weighted by atomic mass is 16.5. The van der Waals surface area contributed by atoms with E-state index in [2.05, 4.69) is 110 Å². The van der Waals surface area contributed by atoms with E-state index >= 15 is 0 Å². The van der Waals surface area contributed by atoms with E-state index in [1.54, 1.807) is 0 Å². The molecule has 0 aliphatic carbocycles. The van der Waals surface area contributed by atoms with Crippen molar-refractivity contribution in [3.05, 3.63) is 155 Å². The Morgan fingerprint density at radius 2 is 1.07 bits per heavy atom. The number of ether oxygens (including phenoxy) is 1. The van der Waals surface area contributed by atoms with Crippen molar-refractivity contribution in [2.75, 3.05) is 4.90 Å². The van der Waals surface area contributed by atoms with Crippen LogP contribution in [0.1, 0.15) is 41.7 Å². The second-order valence-electron chi connectivity index (χ2n) is 10.6. The van der Waals surface area contributed by atoms with Gasteiger partial charge in [0.25, 0.3) is 0 Å². The van der Waals surface area contributed by atoms with Gasteiger partial charge in [0.2, 0.25) is 0 Å². The minimum Gasteiger partial charge on any atom is -0.426 e. The molecule has 3 nitrogen and oxygen atoms in total. The van der Waals surface area contributed by atoms with E-state index in [1.165, 1.54) is 11.1 Å². The molecule has 3 heteroatoms. The van der Waals surface area contributed by atoms with Gasteiger partial charge < -0.3 is 9.64 Å². The number of nitrogens with zero attached hydrogens (tertiary/aromatic N) is 1. The molecular formula is C38H35NO2. The largest absolute Gasteiger partial charge is 0.426 e. The fourth-order valence-corrected chi connectivity index (χ4v) is 4.61. The lowest BCUT2D eigenvalue weighted by Crippen LogP contribution is -2.14. The summed E-state index contributed by atoms with van der Waals surface area (Å²) in [5.74, 6) is 0.142. The van der Waals surface area contributed by atoms with Crippen molar-refractivity contribution < 1.29 is 9.53 Å². The van der Waals surface area contributed by atoms with E-state index in [9.17, 15) is 4.79 Å². The van der Waals surface area contributed by atoms with Gasteiger partial charge in [-0.3, -0.25) is 4.79 Å². The molecule has 0 heterocycles. The number of carbonyl (C=O) groups is 1. The molecule has 5 aromatic rings. The molecule has 0 amide bonds. The second kappa shape index (κ2) is 12.5. The number of benzene rings is 5. The van der Waals surface area contributed by atoms with E-state index < -0.39 is 0 Å². The number of hydrogen-bond acceptors (Lipinski definition) is 3. The summed E-state index contributed by atoms with van der Waals surface area (Å²) in [6.45, 7) is 7.88. The summed E-state index contributed by atoms with van der Waals surface area (Å²) in [7, 11) is 0. The van der Waals surface area contributed by atoms with Crippen LogP contribution < -0.4 is 9.64 Å². The topological polar surface area (TPSA) is 29.5 Å². The van der Waals surface area contributed by atoms with Crippen LogP contribution in [0.2, 0.25) is 0 Å². The van der Waals surface area contributed by atoms with Crippen molar-refractivity contribution in [1.82, 2.24) is 0 Å². The summed E-state index contributed by atoms with van der Waals surface area (Å²) >= 11 is 0. The van der Waals surface area contributed by atoms with E-state index in [1.807, 2.05) is 56.3 Å². The van der Waals surface area contributed by atoms with Crippen molar-refractivity contribution in [2.45, 2.75) is 27.7 Å². The smallest absolute Gasteiger partial charge is 0.313 e. The molecule has 41 heavy (non-hydrogen) atoms. The van der Waals surface area contributed by atoms with Crippen molar-refractivity contribution >= 4 is 34.7 Å². The second-order valence-corrected chi connectivity index (χ2v) is 10.6. The molecule has 5 rings (SSSR count). The minimum absolute atomic E-state index is 0.176. The van der Waals surface area contributed by atoms with Gasteiger partial charge in [-0.15, -0.1) is 0 Å². The first-order valence-corrected chi connectivity index (χ1v) is 14.0. The third-order valence-electron chi connectivity index (χ3n) is 6.99. The first-order chi connectivity index (χ1) is 19.9. The summed E-state index contributed by atoms with van der Waals surface area (Å²) in [5.41, 5.74) is 10.1. The molecule has 0 saturated carbocycles. The van der Waals surface area contributed by atoms with E-state index in [0.29, 0.717) is 5.75 Å². The van der Waals surface area contributed by atoms with Gasteiger partial charge in [0, 0.05) is 17.1 Å². The predicted octanol–water partition coefficient (Wildman–Crippen LogP) is 9.92. The Labute approximate surface area is 243 Å². The van der Waals surface area contributed by atoms with Gasteiger partial charge in [0.05, 0.1) is 5.92 Å². The van der Waals surface area contributed by atoms with Crippen LogP contribution in [0.15, 0.2) is 127 Å². The summed E-state index contributed by atoms with van der Waals surface area (Å²) in [6.07, 6.45) is 2.20. The zero-order valence-electron chi connectivity index (χ0n) is 24.0. The molecule has 0 unspecified atom stereocenters. The molecule has 0 fully saturated rings. The van der Waals surface area contributed by atoms with Crippen LogP contribution in [-0.4, -0.2) is 5.97 Å². The van der Waals surface area contributed by atoms with Crippen molar-refractivity contribution in [3.63, 3.8) is 0 Å². The van der Waals surface area contributed by atoms with Gasteiger partial charge in [-0.05, 0) is 90.7 Å². The third kappa shape index (κ3) is 6.82. The lowest BCUT2D eigenvalue weighted by atomic mass is 9.95. The van der Waals surface area contributed by atoms with Crippen molar-refractivity contribution in [2.24, 2.45) is 5.92 Å². The highest BCUT2D eigenvalue weighted by molar-refractivity contribution is 5.92. The Morgan fingerprint density at radius 3 is 1.56 bits per heavy atom. The molecule has 0 radical (unpaired) electrons. The molecule has 204 valence electrons. The van der Waals surface area contributed by atoms with Crippen LogP contribution in [0.4, 0.5) is 17.1 Å². The number of esters is 1. The average Bonchev–Trinajstić information content (AvgIpc) is 2.99. The van der Waals surface area contributed by atoms with Crippen LogP contribution >= 0.6 is 0 Å². The van der Waals surface area contributed by atoms with E-state index in [4.69, 9.17) is 4.74 Å².